The SMILES string of the molecule is CCc1cc(CNCC(O)CC(=O)O)ccc1OC. The molecule has 0 saturated carbocycles. The van der Waals surface area contributed by atoms with Crippen LogP contribution in [-0.2, 0) is 17.8 Å². The van der Waals surface area contributed by atoms with Gasteiger partial charge in [0.2, 0.25) is 0 Å². The van der Waals surface area contributed by atoms with Gasteiger partial charge in [0.25, 0.3) is 0 Å². The first-order valence-electron chi connectivity index (χ1n) is 6.33. The Balaban J connectivity index is 2.47. The number of carboxylic acids is 1. The molecule has 0 aromatic heterocycles. The first kappa shape index (κ1) is 15.5. The number of hydrogen-bond donors (Lipinski definition) is 3. The van der Waals surface area contributed by atoms with Crippen molar-refractivity contribution in [3.8, 4) is 5.75 Å². The average Bonchev–Trinajstić information content (AvgIpc) is 2.37. The lowest BCUT2D eigenvalue weighted by atomic mass is 10.1. The van der Waals surface area contributed by atoms with Crippen molar-refractivity contribution in [1.29, 1.82) is 0 Å². The maximum absolute atomic E-state index is 10.4. The topological polar surface area (TPSA) is 78.8 Å². The van der Waals surface area contributed by atoms with E-state index in [0.29, 0.717) is 6.54 Å². The maximum atomic E-state index is 10.4. The number of ether oxygens (including phenoxy) is 1. The van der Waals surface area contributed by atoms with Crippen LogP contribution in [0.2, 0.25) is 0 Å². The zero-order chi connectivity index (χ0) is 14.3. The summed E-state index contributed by atoms with van der Waals surface area (Å²) in [5.74, 6) is -0.121. The number of aliphatic hydroxyl groups is 1. The first-order valence-corrected chi connectivity index (χ1v) is 6.33. The number of carboxylic acid groups (broad SMARTS) is 1. The van der Waals surface area contributed by atoms with Gasteiger partial charge in [0, 0.05) is 13.1 Å². The summed E-state index contributed by atoms with van der Waals surface area (Å²) < 4.78 is 5.25. The van der Waals surface area contributed by atoms with Crippen molar-refractivity contribution in [3.63, 3.8) is 0 Å². The van der Waals surface area contributed by atoms with Gasteiger partial charge in [-0.3, -0.25) is 4.79 Å². The lowest BCUT2D eigenvalue weighted by Crippen LogP contribution is -2.28. The van der Waals surface area contributed by atoms with Crippen LogP contribution in [0.1, 0.15) is 24.5 Å². The van der Waals surface area contributed by atoms with Crippen LogP contribution in [-0.4, -0.2) is 35.9 Å². The van der Waals surface area contributed by atoms with E-state index in [1.165, 1.54) is 0 Å². The van der Waals surface area contributed by atoms with Gasteiger partial charge >= 0.3 is 5.97 Å². The summed E-state index contributed by atoms with van der Waals surface area (Å²) in [6.45, 7) is 2.92. The molecule has 19 heavy (non-hydrogen) atoms. The van der Waals surface area contributed by atoms with Crippen LogP contribution in [0.5, 0.6) is 5.75 Å². The van der Waals surface area contributed by atoms with Crippen molar-refractivity contribution in [1.82, 2.24) is 5.32 Å². The van der Waals surface area contributed by atoms with E-state index in [0.717, 1.165) is 23.3 Å². The third-order valence-electron chi connectivity index (χ3n) is 2.85. The fraction of sp³-hybridized carbons (Fsp3) is 0.500. The quantitative estimate of drug-likeness (QED) is 0.659. The molecular formula is C14H21NO4. The van der Waals surface area contributed by atoms with E-state index in [1.54, 1.807) is 7.11 Å². The predicted octanol–water partition coefficient (Wildman–Crippen LogP) is 1.18. The molecule has 0 amide bonds. The molecule has 1 aromatic carbocycles. The van der Waals surface area contributed by atoms with Crippen molar-refractivity contribution < 1.29 is 19.7 Å². The predicted molar refractivity (Wildman–Crippen MR) is 72.3 cm³/mol. The molecule has 0 aliphatic rings. The molecule has 0 saturated heterocycles. The van der Waals surface area contributed by atoms with E-state index >= 15 is 0 Å². The summed E-state index contributed by atoms with van der Waals surface area (Å²) in [7, 11) is 1.65. The van der Waals surface area contributed by atoms with Gasteiger partial charge in [-0.05, 0) is 23.6 Å². The Kier molecular flexibility index (Phi) is 6.32. The number of nitrogens with one attached hydrogen (secondary N) is 1. The Hall–Kier alpha value is -1.59. The summed E-state index contributed by atoms with van der Waals surface area (Å²) in [4.78, 5) is 10.4. The standard InChI is InChI=1S/C14H21NO4/c1-3-11-6-10(4-5-13(11)19-2)8-15-9-12(16)7-14(17)18/h4-6,12,15-16H,3,7-9H2,1-2H3,(H,17,18). The lowest BCUT2D eigenvalue weighted by Gasteiger charge is -2.12. The molecule has 1 rings (SSSR count). The van der Waals surface area contributed by atoms with E-state index in [9.17, 15) is 9.90 Å². The van der Waals surface area contributed by atoms with Crippen molar-refractivity contribution in [2.45, 2.75) is 32.4 Å². The Morgan fingerprint density at radius 1 is 1.47 bits per heavy atom. The number of aryl methyl sites for hydroxylation is 1. The van der Waals surface area contributed by atoms with E-state index in [2.05, 4.69) is 18.3 Å². The number of aliphatic hydroxyl groups excluding tert-OH is 1. The molecule has 0 aliphatic carbocycles. The summed E-state index contributed by atoms with van der Waals surface area (Å²) in [5.41, 5.74) is 2.22. The molecule has 0 bridgehead atoms. The minimum atomic E-state index is -0.994. The lowest BCUT2D eigenvalue weighted by molar-refractivity contribution is -0.139. The number of rotatable bonds is 8. The second-order valence-corrected chi connectivity index (χ2v) is 4.38. The highest BCUT2D eigenvalue weighted by atomic mass is 16.5. The third kappa shape index (κ3) is 5.28. The molecule has 1 atom stereocenters. The molecular weight excluding hydrogens is 246 g/mol. The summed E-state index contributed by atoms with van der Waals surface area (Å²) >= 11 is 0. The maximum Gasteiger partial charge on any atom is 0.306 e. The van der Waals surface area contributed by atoms with Crippen LogP contribution >= 0.6 is 0 Å². The number of methoxy groups -OCH3 is 1. The fourth-order valence-electron chi connectivity index (χ4n) is 1.88. The van der Waals surface area contributed by atoms with Gasteiger partial charge in [-0.25, -0.2) is 0 Å². The van der Waals surface area contributed by atoms with Crippen LogP contribution in [0, 0.1) is 0 Å². The number of benzene rings is 1. The average molecular weight is 267 g/mol. The molecule has 0 aliphatic heterocycles. The zero-order valence-electron chi connectivity index (χ0n) is 11.3. The molecule has 0 radical (unpaired) electrons. The Morgan fingerprint density at radius 3 is 2.79 bits per heavy atom. The Morgan fingerprint density at radius 2 is 2.21 bits per heavy atom. The number of carbonyl (C=O) groups is 1. The molecule has 0 heterocycles. The molecule has 106 valence electrons. The van der Waals surface area contributed by atoms with E-state index < -0.39 is 12.1 Å². The van der Waals surface area contributed by atoms with Crippen molar-refractivity contribution >= 4 is 5.97 Å². The van der Waals surface area contributed by atoms with Crippen molar-refractivity contribution in [3.05, 3.63) is 29.3 Å². The van der Waals surface area contributed by atoms with Gasteiger partial charge in [-0.1, -0.05) is 19.1 Å². The Labute approximate surface area is 113 Å². The highest BCUT2D eigenvalue weighted by Crippen LogP contribution is 2.20. The van der Waals surface area contributed by atoms with Gasteiger partial charge in [0.05, 0.1) is 19.6 Å². The highest BCUT2D eigenvalue weighted by molar-refractivity contribution is 5.67. The normalized spacial score (nSPS) is 12.2. The second kappa shape index (κ2) is 7.76. The van der Waals surface area contributed by atoms with Gasteiger partial charge in [0.1, 0.15) is 5.75 Å². The van der Waals surface area contributed by atoms with E-state index in [-0.39, 0.29) is 13.0 Å². The first-order chi connectivity index (χ1) is 9.06. The molecule has 0 fully saturated rings. The van der Waals surface area contributed by atoms with Crippen LogP contribution in [0.25, 0.3) is 0 Å². The fourth-order valence-corrected chi connectivity index (χ4v) is 1.88. The number of aliphatic carboxylic acids is 1. The summed E-state index contributed by atoms with van der Waals surface area (Å²) in [5, 5.41) is 21.0. The van der Waals surface area contributed by atoms with Crippen LogP contribution in [0.3, 0.4) is 0 Å². The van der Waals surface area contributed by atoms with Gasteiger partial charge in [-0.15, -0.1) is 0 Å². The minimum absolute atomic E-state index is 0.240. The smallest absolute Gasteiger partial charge is 0.306 e. The van der Waals surface area contributed by atoms with Crippen LogP contribution in [0.15, 0.2) is 18.2 Å². The minimum Gasteiger partial charge on any atom is -0.496 e. The molecule has 5 heteroatoms. The molecule has 1 aromatic rings. The monoisotopic (exact) mass is 267 g/mol. The summed E-state index contributed by atoms with van der Waals surface area (Å²) in [6.07, 6.45) is -0.213. The Bertz CT molecular complexity index is 420. The summed E-state index contributed by atoms with van der Waals surface area (Å²) in [6, 6.07) is 5.92. The van der Waals surface area contributed by atoms with Crippen molar-refractivity contribution in [2.75, 3.05) is 13.7 Å². The third-order valence-corrected chi connectivity index (χ3v) is 2.85. The van der Waals surface area contributed by atoms with E-state index in [1.807, 2.05) is 12.1 Å². The van der Waals surface area contributed by atoms with E-state index in [4.69, 9.17) is 9.84 Å². The molecule has 0 spiro atoms. The molecule has 3 N–H and O–H groups in total. The molecule has 1 unspecified atom stereocenters. The largest absolute Gasteiger partial charge is 0.496 e. The van der Waals surface area contributed by atoms with Gasteiger partial charge < -0.3 is 20.3 Å². The van der Waals surface area contributed by atoms with Crippen LogP contribution < -0.4 is 10.1 Å². The van der Waals surface area contributed by atoms with Crippen molar-refractivity contribution in [2.24, 2.45) is 0 Å². The molecule has 5 nitrogen and oxygen atoms in total. The van der Waals surface area contributed by atoms with Crippen LogP contribution in [0.4, 0.5) is 0 Å². The number of hydrogen-bond acceptors (Lipinski definition) is 4. The highest BCUT2D eigenvalue weighted by Gasteiger charge is 2.09. The van der Waals surface area contributed by atoms with Gasteiger partial charge in [0.15, 0.2) is 0 Å². The zero-order valence-corrected chi connectivity index (χ0v) is 11.3. The van der Waals surface area contributed by atoms with Gasteiger partial charge in [-0.2, -0.15) is 0 Å². The second-order valence-electron chi connectivity index (χ2n) is 4.38.